The number of nitriles is 1. The van der Waals surface area contributed by atoms with Crippen LogP contribution in [-0.4, -0.2) is 24.2 Å². The van der Waals surface area contributed by atoms with Crippen molar-refractivity contribution in [2.75, 3.05) is 13.1 Å². The molecule has 1 unspecified atom stereocenters. The van der Waals surface area contributed by atoms with E-state index in [2.05, 4.69) is 18.3 Å². The maximum atomic E-state index is 10.3. The molecular formula is C11H20N2O2. The lowest BCUT2D eigenvalue weighted by atomic mass is 10.0. The van der Waals surface area contributed by atoms with Crippen molar-refractivity contribution in [3.8, 4) is 6.07 Å². The Morgan fingerprint density at radius 3 is 2.80 bits per heavy atom. The van der Waals surface area contributed by atoms with Crippen LogP contribution >= 0.6 is 0 Å². The number of nitrogens with zero attached hydrogens (tertiary/aromatic N) is 1. The quantitative estimate of drug-likeness (QED) is 0.571. The van der Waals surface area contributed by atoms with Crippen molar-refractivity contribution in [1.82, 2.24) is 5.32 Å². The van der Waals surface area contributed by atoms with Crippen molar-refractivity contribution in [2.24, 2.45) is 5.92 Å². The summed E-state index contributed by atoms with van der Waals surface area (Å²) in [7, 11) is 0. The maximum absolute atomic E-state index is 10.3. The van der Waals surface area contributed by atoms with Crippen LogP contribution in [0.3, 0.4) is 0 Å². The number of carbonyl (C=O) groups is 1. The summed E-state index contributed by atoms with van der Waals surface area (Å²) in [5.74, 6) is -0.270. The van der Waals surface area contributed by atoms with Crippen LogP contribution in [0.1, 0.15) is 39.0 Å². The van der Waals surface area contributed by atoms with E-state index in [9.17, 15) is 4.79 Å². The first-order valence-corrected chi connectivity index (χ1v) is 5.46. The lowest BCUT2D eigenvalue weighted by molar-refractivity contribution is -0.137. The number of unbranched alkanes of at least 4 members (excludes halogenated alkanes) is 1. The molecule has 0 amide bonds. The second-order valence-electron chi connectivity index (χ2n) is 3.84. The lowest BCUT2D eigenvalue weighted by Gasteiger charge is -2.10. The summed E-state index contributed by atoms with van der Waals surface area (Å²) >= 11 is 0. The topological polar surface area (TPSA) is 73.1 Å². The van der Waals surface area contributed by atoms with Crippen LogP contribution in [0.4, 0.5) is 0 Å². The highest BCUT2D eigenvalue weighted by atomic mass is 16.4. The van der Waals surface area contributed by atoms with Gasteiger partial charge in [-0.3, -0.25) is 4.79 Å². The summed E-state index contributed by atoms with van der Waals surface area (Å²) in [4.78, 5) is 10.3. The highest BCUT2D eigenvalue weighted by Crippen LogP contribution is 2.08. The second-order valence-corrected chi connectivity index (χ2v) is 3.84. The van der Waals surface area contributed by atoms with Gasteiger partial charge in [0.05, 0.1) is 6.07 Å². The fourth-order valence-electron chi connectivity index (χ4n) is 1.28. The number of aliphatic carboxylic acids is 1. The van der Waals surface area contributed by atoms with Crippen LogP contribution in [0.2, 0.25) is 0 Å². The van der Waals surface area contributed by atoms with Crippen LogP contribution in [0, 0.1) is 17.2 Å². The Bertz CT molecular complexity index is 211. The van der Waals surface area contributed by atoms with E-state index in [-0.39, 0.29) is 6.42 Å². The van der Waals surface area contributed by atoms with Gasteiger partial charge in [-0.25, -0.2) is 0 Å². The smallest absolute Gasteiger partial charge is 0.303 e. The number of hydrogen-bond donors (Lipinski definition) is 2. The van der Waals surface area contributed by atoms with Gasteiger partial charge in [0.1, 0.15) is 0 Å². The molecule has 0 heterocycles. The molecule has 0 rings (SSSR count). The van der Waals surface area contributed by atoms with Crippen LogP contribution in [0.15, 0.2) is 0 Å². The Balaban J connectivity index is 3.20. The standard InChI is InChI=1S/C11H20N2O2/c1-10(4-5-11(14)15)6-9-13-8-3-2-7-12/h10,13H,2-6,8-9H2,1H3,(H,14,15). The van der Waals surface area contributed by atoms with E-state index in [0.29, 0.717) is 12.3 Å². The Kier molecular flexibility index (Phi) is 8.79. The van der Waals surface area contributed by atoms with E-state index in [4.69, 9.17) is 10.4 Å². The third kappa shape index (κ3) is 10.8. The molecule has 86 valence electrons. The van der Waals surface area contributed by atoms with Gasteiger partial charge in [-0.1, -0.05) is 6.92 Å². The Labute approximate surface area is 91.3 Å². The monoisotopic (exact) mass is 212 g/mol. The van der Waals surface area contributed by atoms with Gasteiger partial charge in [0, 0.05) is 12.8 Å². The summed E-state index contributed by atoms with van der Waals surface area (Å²) in [6.45, 7) is 3.85. The number of rotatable bonds is 9. The average Bonchev–Trinajstić information content (AvgIpc) is 2.20. The molecule has 0 aromatic heterocycles. The van der Waals surface area contributed by atoms with Gasteiger partial charge >= 0.3 is 5.97 Å². The van der Waals surface area contributed by atoms with Gasteiger partial charge in [0.2, 0.25) is 0 Å². The van der Waals surface area contributed by atoms with E-state index >= 15 is 0 Å². The van der Waals surface area contributed by atoms with Crippen molar-refractivity contribution in [2.45, 2.75) is 39.0 Å². The average molecular weight is 212 g/mol. The number of nitrogens with one attached hydrogen (secondary N) is 1. The largest absolute Gasteiger partial charge is 0.481 e. The van der Waals surface area contributed by atoms with E-state index in [0.717, 1.165) is 32.4 Å². The molecule has 0 saturated heterocycles. The van der Waals surface area contributed by atoms with E-state index in [1.807, 2.05) is 0 Å². The first kappa shape index (κ1) is 13.9. The van der Waals surface area contributed by atoms with Crippen molar-refractivity contribution in [3.05, 3.63) is 0 Å². The second kappa shape index (κ2) is 9.47. The molecule has 4 heteroatoms. The molecule has 15 heavy (non-hydrogen) atoms. The molecule has 0 radical (unpaired) electrons. The highest BCUT2D eigenvalue weighted by molar-refractivity contribution is 5.66. The first-order chi connectivity index (χ1) is 7.16. The zero-order chi connectivity index (χ0) is 11.5. The fraction of sp³-hybridized carbons (Fsp3) is 0.818. The minimum atomic E-state index is -0.719. The Morgan fingerprint density at radius 2 is 2.20 bits per heavy atom. The van der Waals surface area contributed by atoms with Gasteiger partial charge < -0.3 is 10.4 Å². The van der Waals surface area contributed by atoms with Gasteiger partial charge in [0.25, 0.3) is 0 Å². The summed E-state index contributed by atoms with van der Waals surface area (Å²) in [5.41, 5.74) is 0. The van der Waals surface area contributed by atoms with E-state index < -0.39 is 5.97 Å². The molecule has 0 aliphatic rings. The summed E-state index contributed by atoms with van der Waals surface area (Å²) in [6.07, 6.45) is 3.49. The van der Waals surface area contributed by atoms with E-state index in [1.54, 1.807) is 0 Å². The number of hydrogen-bond acceptors (Lipinski definition) is 3. The van der Waals surface area contributed by atoms with Crippen LogP contribution in [-0.2, 0) is 4.79 Å². The van der Waals surface area contributed by atoms with Crippen molar-refractivity contribution in [1.29, 1.82) is 5.26 Å². The predicted octanol–water partition coefficient (Wildman–Crippen LogP) is 1.77. The van der Waals surface area contributed by atoms with Gasteiger partial charge in [-0.2, -0.15) is 5.26 Å². The molecule has 0 aromatic rings. The van der Waals surface area contributed by atoms with E-state index in [1.165, 1.54) is 0 Å². The predicted molar refractivity (Wildman–Crippen MR) is 58.4 cm³/mol. The lowest BCUT2D eigenvalue weighted by Crippen LogP contribution is -2.18. The Morgan fingerprint density at radius 1 is 1.47 bits per heavy atom. The molecule has 0 aliphatic heterocycles. The summed E-state index contributed by atoms with van der Waals surface area (Å²) in [5, 5.41) is 20.0. The number of carboxylic acids is 1. The first-order valence-electron chi connectivity index (χ1n) is 5.46. The van der Waals surface area contributed by atoms with Gasteiger partial charge in [0.15, 0.2) is 0 Å². The maximum Gasteiger partial charge on any atom is 0.303 e. The molecule has 0 spiro atoms. The SMILES string of the molecule is CC(CCNCCCC#N)CCC(=O)O. The molecule has 4 nitrogen and oxygen atoms in total. The normalized spacial score (nSPS) is 12.0. The fourth-order valence-corrected chi connectivity index (χ4v) is 1.28. The molecule has 0 aromatic carbocycles. The van der Waals surface area contributed by atoms with Crippen LogP contribution < -0.4 is 5.32 Å². The third-order valence-electron chi connectivity index (χ3n) is 2.31. The molecule has 2 N–H and O–H groups in total. The molecule has 1 atom stereocenters. The minimum Gasteiger partial charge on any atom is -0.481 e. The summed E-state index contributed by atoms with van der Waals surface area (Å²) in [6, 6.07) is 2.09. The zero-order valence-corrected chi connectivity index (χ0v) is 9.33. The molecular weight excluding hydrogens is 192 g/mol. The van der Waals surface area contributed by atoms with Crippen LogP contribution in [0.25, 0.3) is 0 Å². The molecule has 0 saturated carbocycles. The number of carboxylic acid groups (broad SMARTS) is 1. The van der Waals surface area contributed by atoms with Crippen molar-refractivity contribution in [3.63, 3.8) is 0 Å². The van der Waals surface area contributed by atoms with Crippen molar-refractivity contribution < 1.29 is 9.90 Å². The molecule has 0 fully saturated rings. The van der Waals surface area contributed by atoms with Gasteiger partial charge in [-0.15, -0.1) is 0 Å². The Hall–Kier alpha value is -1.08. The molecule has 0 bridgehead atoms. The molecule has 0 aliphatic carbocycles. The van der Waals surface area contributed by atoms with Gasteiger partial charge in [-0.05, 0) is 38.3 Å². The summed E-state index contributed by atoms with van der Waals surface area (Å²) < 4.78 is 0. The van der Waals surface area contributed by atoms with Crippen LogP contribution in [0.5, 0.6) is 0 Å². The third-order valence-corrected chi connectivity index (χ3v) is 2.31. The minimum absolute atomic E-state index is 0.260. The highest BCUT2D eigenvalue weighted by Gasteiger charge is 2.04. The zero-order valence-electron chi connectivity index (χ0n) is 9.33. The van der Waals surface area contributed by atoms with Crippen molar-refractivity contribution >= 4 is 5.97 Å².